The minimum Gasteiger partial charge on any atom is -0.371 e. The summed E-state index contributed by atoms with van der Waals surface area (Å²) in [6, 6.07) is 0. The van der Waals surface area contributed by atoms with E-state index in [4.69, 9.17) is 5.73 Å². The minimum atomic E-state index is 0.0382. The van der Waals surface area contributed by atoms with Crippen molar-refractivity contribution >= 4 is 5.84 Å². The van der Waals surface area contributed by atoms with Gasteiger partial charge in [0, 0.05) is 18.5 Å². The largest absolute Gasteiger partial charge is 0.371 e. The molecule has 3 N–H and O–H groups in total. The van der Waals surface area contributed by atoms with E-state index in [1.54, 1.807) is 0 Å². The average Bonchev–Trinajstić information content (AvgIpc) is 2.38. The third kappa shape index (κ3) is 1.29. The summed E-state index contributed by atoms with van der Waals surface area (Å²) in [7, 11) is 0. The zero-order valence-corrected chi connectivity index (χ0v) is 6.65. The first-order valence-corrected chi connectivity index (χ1v) is 3.66. The molecule has 0 atom stereocenters. The molecule has 0 unspecified atom stereocenters. The van der Waals surface area contributed by atoms with Crippen LogP contribution in [0.3, 0.4) is 0 Å². The van der Waals surface area contributed by atoms with E-state index in [2.05, 4.69) is 24.2 Å². The number of hydrogen-bond donors (Lipinski definition) is 2. The van der Waals surface area contributed by atoms with E-state index in [0.29, 0.717) is 6.54 Å². The lowest BCUT2D eigenvalue weighted by Crippen LogP contribution is -2.39. The first kappa shape index (κ1) is 7.54. The second kappa shape index (κ2) is 2.58. The molecule has 0 bridgehead atoms. The molecule has 0 saturated carbocycles. The van der Waals surface area contributed by atoms with Crippen LogP contribution in [0.5, 0.6) is 0 Å². The summed E-state index contributed by atoms with van der Waals surface area (Å²) in [5.74, 6) is 1.06. The molecule has 0 aromatic rings. The highest BCUT2D eigenvalue weighted by molar-refractivity contribution is 5.88. The average molecular weight is 141 g/mol. The SMILES string of the molecule is CC(C)(CN)C1=NCCN1. The molecule has 58 valence electrons. The maximum Gasteiger partial charge on any atom is 0.103 e. The molecule has 1 aliphatic heterocycles. The van der Waals surface area contributed by atoms with E-state index in [1.807, 2.05) is 0 Å². The quantitative estimate of drug-likeness (QED) is 0.567. The summed E-state index contributed by atoms with van der Waals surface area (Å²) in [5, 5.41) is 3.22. The molecule has 0 spiro atoms. The summed E-state index contributed by atoms with van der Waals surface area (Å²) in [6.07, 6.45) is 0. The molecule has 1 rings (SSSR count). The van der Waals surface area contributed by atoms with Crippen LogP contribution >= 0.6 is 0 Å². The van der Waals surface area contributed by atoms with Gasteiger partial charge in [-0.05, 0) is 0 Å². The van der Waals surface area contributed by atoms with E-state index >= 15 is 0 Å². The standard InChI is InChI=1S/C7H15N3/c1-7(2,5-8)6-9-3-4-10-6/h3-5,8H2,1-2H3,(H,9,10). The third-order valence-electron chi connectivity index (χ3n) is 1.83. The Bertz CT molecular complexity index is 149. The summed E-state index contributed by atoms with van der Waals surface area (Å²) in [5.41, 5.74) is 5.60. The molecule has 0 saturated heterocycles. The number of nitrogens with two attached hydrogens (primary N) is 1. The van der Waals surface area contributed by atoms with Gasteiger partial charge >= 0.3 is 0 Å². The van der Waals surface area contributed by atoms with E-state index < -0.39 is 0 Å². The number of hydrogen-bond acceptors (Lipinski definition) is 3. The predicted molar refractivity (Wildman–Crippen MR) is 43.1 cm³/mol. The molecule has 10 heavy (non-hydrogen) atoms. The molecule has 3 nitrogen and oxygen atoms in total. The predicted octanol–water partition coefficient (Wildman–Crippen LogP) is -0.0270. The van der Waals surface area contributed by atoms with Crippen molar-refractivity contribution in [1.29, 1.82) is 0 Å². The zero-order valence-electron chi connectivity index (χ0n) is 6.65. The van der Waals surface area contributed by atoms with Crippen molar-refractivity contribution in [3.8, 4) is 0 Å². The van der Waals surface area contributed by atoms with Crippen LogP contribution in [0.25, 0.3) is 0 Å². The van der Waals surface area contributed by atoms with Gasteiger partial charge in [0.1, 0.15) is 5.84 Å². The van der Waals surface area contributed by atoms with Gasteiger partial charge in [-0.3, -0.25) is 4.99 Å². The monoisotopic (exact) mass is 141 g/mol. The van der Waals surface area contributed by atoms with Crippen molar-refractivity contribution in [2.75, 3.05) is 19.6 Å². The number of amidine groups is 1. The fourth-order valence-electron chi connectivity index (χ4n) is 0.948. The summed E-state index contributed by atoms with van der Waals surface area (Å²) >= 11 is 0. The van der Waals surface area contributed by atoms with E-state index in [-0.39, 0.29) is 5.41 Å². The smallest absolute Gasteiger partial charge is 0.103 e. The third-order valence-corrected chi connectivity index (χ3v) is 1.83. The lowest BCUT2D eigenvalue weighted by atomic mass is 9.92. The van der Waals surface area contributed by atoms with Crippen LogP contribution < -0.4 is 11.1 Å². The molecule has 1 heterocycles. The number of nitrogens with one attached hydrogen (secondary N) is 1. The summed E-state index contributed by atoms with van der Waals surface area (Å²) < 4.78 is 0. The fraction of sp³-hybridized carbons (Fsp3) is 0.857. The first-order chi connectivity index (χ1) is 4.67. The molecular formula is C7H15N3. The Labute approximate surface area is 61.7 Å². The number of rotatable bonds is 2. The molecular weight excluding hydrogens is 126 g/mol. The van der Waals surface area contributed by atoms with Crippen molar-refractivity contribution < 1.29 is 0 Å². The second-order valence-corrected chi connectivity index (χ2v) is 3.25. The highest BCUT2D eigenvalue weighted by Crippen LogP contribution is 2.15. The van der Waals surface area contributed by atoms with E-state index in [1.165, 1.54) is 0 Å². The van der Waals surface area contributed by atoms with Gasteiger partial charge in [-0.1, -0.05) is 13.8 Å². The first-order valence-electron chi connectivity index (χ1n) is 3.66. The Balaban J connectivity index is 2.62. The van der Waals surface area contributed by atoms with Crippen LogP contribution in [0, 0.1) is 5.41 Å². The minimum absolute atomic E-state index is 0.0382. The molecule has 0 radical (unpaired) electrons. The van der Waals surface area contributed by atoms with Crippen molar-refractivity contribution in [2.45, 2.75) is 13.8 Å². The van der Waals surface area contributed by atoms with Crippen LogP contribution in [-0.2, 0) is 0 Å². The van der Waals surface area contributed by atoms with Gasteiger partial charge in [-0.15, -0.1) is 0 Å². The van der Waals surface area contributed by atoms with Crippen molar-refractivity contribution in [1.82, 2.24) is 5.32 Å². The van der Waals surface area contributed by atoms with Gasteiger partial charge in [0.15, 0.2) is 0 Å². The molecule has 0 aromatic carbocycles. The van der Waals surface area contributed by atoms with E-state index in [9.17, 15) is 0 Å². The maximum absolute atomic E-state index is 5.57. The Hall–Kier alpha value is -0.570. The van der Waals surface area contributed by atoms with E-state index in [0.717, 1.165) is 18.9 Å². The van der Waals surface area contributed by atoms with Gasteiger partial charge in [-0.2, -0.15) is 0 Å². The fourth-order valence-corrected chi connectivity index (χ4v) is 0.948. The van der Waals surface area contributed by atoms with Crippen LogP contribution in [0.15, 0.2) is 4.99 Å². The molecule has 0 aromatic heterocycles. The van der Waals surface area contributed by atoms with Crippen LogP contribution in [0.4, 0.5) is 0 Å². The van der Waals surface area contributed by atoms with Gasteiger partial charge in [0.2, 0.25) is 0 Å². The van der Waals surface area contributed by atoms with Crippen molar-refractivity contribution in [2.24, 2.45) is 16.1 Å². The highest BCUT2D eigenvalue weighted by atomic mass is 15.1. The lowest BCUT2D eigenvalue weighted by molar-refractivity contribution is 0.524. The molecule has 0 aliphatic carbocycles. The summed E-state index contributed by atoms with van der Waals surface area (Å²) in [4.78, 5) is 4.30. The topological polar surface area (TPSA) is 50.4 Å². The Morgan fingerprint density at radius 2 is 2.40 bits per heavy atom. The van der Waals surface area contributed by atoms with Crippen molar-refractivity contribution in [3.63, 3.8) is 0 Å². The van der Waals surface area contributed by atoms with Gasteiger partial charge in [0.05, 0.1) is 6.54 Å². The zero-order chi connectivity index (χ0) is 7.61. The number of aliphatic imine (C=N–C) groups is 1. The summed E-state index contributed by atoms with van der Waals surface area (Å²) in [6.45, 7) is 6.73. The van der Waals surface area contributed by atoms with Gasteiger partial charge in [-0.25, -0.2) is 0 Å². The number of nitrogens with zero attached hydrogens (tertiary/aromatic N) is 1. The Morgan fingerprint density at radius 1 is 1.70 bits per heavy atom. The molecule has 0 fully saturated rings. The van der Waals surface area contributed by atoms with Crippen LogP contribution in [0.2, 0.25) is 0 Å². The maximum atomic E-state index is 5.57. The highest BCUT2D eigenvalue weighted by Gasteiger charge is 2.24. The molecule has 3 heteroatoms. The van der Waals surface area contributed by atoms with Gasteiger partial charge < -0.3 is 11.1 Å². The Morgan fingerprint density at radius 3 is 2.80 bits per heavy atom. The normalized spacial score (nSPS) is 18.5. The lowest BCUT2D eigenvalue weighted by Gasteiger charge is -2.22. The Kier molecular flexibility index (Phi) is 1.94. The van der Waals surface area contributed by atoms with Crippen LogP contribution in [0.1, 0.15) is 13.8 Å². The second-order valence-electron chi connectivity index (χ2n) is 3.25. The molecule has 1 aliphatic rings. The van der Waals surface area contributed by atoms with Gasteiger partial charge in [0.25, 0.3) is 0 Å². The van der Waals surface area contributed by atoms with Crippen LogP contribution in [-0.4, -0.2) is 25.5 Å². The van der Waals surface area contributed by atoms with Crippen molar-refractivity contribution in [3.05, 3.63) is 0 Å². The molecule has 0 amide bonds.